The maximum Gasteiger partial charge on any atom is 0.287 e. The summed E-state index contributed by atoms with van der Waals surface area (Å²) in [6.45, 7) is 2.15. The van der Waals surface area contributed by atoms with E-state index in [4.69, 9.17) is 27.9 Å². The van der Waals surface area contributed by atoms with Gasteiger partial charge in [0, 0.05) is 41.1 Å². The Morgan fingerprint density at radius 2 is 1.59 bits per heavy atom. The van der Waals surface area contributed by atoms with E-state index in [1.807, 2.05) is 59.5 Å². The number of halogens is 2. The number of benzene rings is 3. The number of carbonyl (C=O) groups excluding carboxylic acids is 1. The van der Waals surface area contributed by atoms with Crippen molar-refractivity contribution in [3.63, 3.8) is 0 Å². The first kappa shape index (κ1) is 27.1. The molecule has 10 heteroatoms. The van der Waals surface area contributed by atoms with E-state index in [9.17, 15) is 9.59 Å². The van der Waals surface area contributed by atoms with Crippen molar-refractivity contribution in [2.75, 3.05) is 38.2 Å². The molecule has 0 saturated carbocycles. The molecule has 1 aliphatic heterocycles. The van der Waals surface area contributed by atoms with E-state index in [-0.39, 0.29) is 17.9 Å². The van der Waals surface area contributed by atoms with Gasteiger partial charge in [-0.1, -0.05) is 59.2 Å². The third kappa shape index (κ3) is 6.08. The minimum atomic E-state index is -0.202. The molecule has 2 heterocycles. The maximum absolute atomic E-state index is 13.7. The summed E-state index contributed by atoms with van der Waals surface area (Å²) in [6, 6.07) is 22.2. The molecule has 0 radical (unpaired) electrons. The molecule has 200 valence electrons. The topological polar surface area (TPSA) is 67.7 Å². The van der Waals surface area contributed by atoms with Gasteiger partial charge in [-0.25, -0.2) is 0 Å². The van der Waals surface area contributed by atoms with E-state index < -0.39 is 0 Å². The predicted molar refractivity (Wildman–Crippen MR) is 156 cm³/mol. The Hall–Kier alpha value is -3.46. The highest BCUT2D eigenvalue weighted by Crippen LogP contribution is 2.34. The Morgan fingerprint density at radius 3 is 2.23 bits per heavy atom. The highest BCUT2D eigenvalue weighted by molar-refractivity contribution is 7.99. The van der Waals surface area contributed by atoms with Crippen LogP contribution in [0.25, 0.3) is 5.69 Å². The van der Waals surface area contributed by atoms with Gasteiger partial charge in [-0.2, -0.15) is 9.78 Å². The van der Waals surface area contributed by atoms with E-state index in [1.165, 1.54) is 16.4 Å². The molecule has 7 nitrogen and oxygen atoms in total. The van der Waals surface area contributed by atoms with Crippen molar-refractivity contribution in [1.82, 2.24) is 14.7 Å². The van der Waals surface area contributed by atoms with Gasteiger partial charge in [-0.15, -0.1) is 0 Å². The average Bonchev–Trinajstić information content (AvgIpc) is 2.97. The van der Waals surface area contributed by atoms with Crippen molar-refractivity contribution >= 4 is 46.6 Å². The molecule has 1 aliphatic rings. The van der Waals surface area contributed by atoms with Gasteiger partial charge in [0.1, 0.15) is 10.6 Å². The number of ether oxygens (including phenoxy) is 1. The van der Waals surface area contributed by atoms with E-state index in [2.05, 4.69) is 10.00 Å². The van der Waals surface area contributed by atoms with Gasteiger partial charge in [-0.05, 0) is 54.1 Å². The molecule has 39 heavy (non-hydrogen) atoms. The molecule has 0 unspecified atom stereocenters. The van der Waals surface area contributed by atoms with Gasteiger partial charge in [0.25, 0.3) is 5.56 Å². The van der Waals surface area contributed by atoms with Crippen LogP contribution in [0.4, 0.5) is 5.69 Å². The second-order valence-corrected chi connectivity index (χ2v) is 10.8. The van der Waals surface area contributed by atoms with Gasteiger partial charge < -0.3 is 14.5 Å². The summed E-state index contributed by atoms with van der Waals surface area (Å²) in [4.78, 5) is 32.2. The zero-order valence-corrected chi connectivity index (χ0v) is 23.5. The Labute approximate surface area is 240 Å². The second-order valence-electron chi connectivity index (χ2n) is 8.93. The van der Waals surface area contributed by atoms with Crippen LogP contribution < -0.4 is 15.2 Å². The highest BCUT2D eigenvalue weighted by Gasteiger charge is 2.26. The Kier molecular flexibility index (Phi) is 8.45. The van der Waals surface area contributed by atoms with E-state index in [1.54, 1.807) is 31.5 Å². The molecule has 3 aromatic carbocycles. The van der Waals surface area contributed by atoms with Gasteiger partial charge in [0.05, 0.1) is 31.1 Å². The van der Waals surface area contributed by atoms with Crippen LogP contribution in [0.1, 0.15) is 5.56 Å². The number of carbonyl (C=O) groups is 1. The molecule has 1 saturated heterocycles. The number of para-hydroxylation sites is 1. The van der Waals surface area contributed by atoms with Crippen molar-refractivity contribution in [2.45, 2.75) is 16.2 Å². The van der Waals surface area contributed by atoms with Gasteiger partial charge in [0.15, 0.2) is 0 Å². The largest absolute Gasteiger partial charge is 0.497 e. The molecular formula is C29H26Cl2N4O3S. The number of hydrogen-bond acceptors (Lipinski definition) is 6. The van der Waals surface area contributed by atoms with Crippen molar-refractivity contribution in [2.24, 2.45) is 0 Å². The quantitative estimate of drug-likeness (QED) is 0.284. The summed E-state index contributed by atoms with van der Waals surface area (Å²) < 4.78 is 6.70. The van der Waals surface area contributed by atoms with Gasteiger partial charge in [-0.3, -0.25) is 9.59 Å². The molecule has 0 N–H and O–H groups in total. The zero-order chi connectivity index (χ0) is 27.4. The Balaban J connectivity index is 1.39. The molecule has 1 amide bonds. The molecule has 1 fully saturated rings. The summed E-state index contributed by atoms with van der Waals surface area (Å²) >= 11 is 13.9. The van der Waals surface area contributed by atoms with Crippen LogP contribution in [-0.4, -0.2) is 53.9 Å². The second kappa shape index (κ2) is 12.2. The van der Waals surface area contributed by atoms with Crippen LogP contribution in [0.2, 0.25) is 10.0 Å². The van der Waals surface area contributed by atoms with Crippen molar-refractivity contribution < 1.29 is 9.53 Å². The molecule has 0 spiro atoms. The lowest BCUT2D eigenvalue weighted by atomic mass is 10.1. The third-order valence-electron chi connectivity index (χ3n) is 6.56. The normalized spacial score (nSPS) is 13.4. The van der Waals surface area contributed by atoms with Crippen molar-refractivity contribution in [3.8, 4) is 11.4 Å². The maximum atomic E-state index is 13.7. The molecular weight excluding hydrogens is 555 g/mol. The fourth-order valence-corrected chi connectivity index (χ4v) is 5.93. The van der Waals surface area contributed by atoms with E-state index in [0.717, 1.165) is 16.3 Å². The van der Waals surface area contributed by atoms with Crippen LogP contribution in [-0.2, 0) is 11.2 Å². The number of amides is 1. The summed E-state index contributed by atoms with van der Waals surface area (Å²) in [5.41, 5.74) is 1.88. The lowest BCUT2D eigenvalue weighted by Crippen LogP contribution is -2.49. The van der Waals surface area contributed by atoms with Gasteiger partial charge in [0.2, 0.25) is 5.91 Å². The number of anilines is 1. The SMILES string of the molecule is COc1ccc(Sc2c(N3CCN(C(=O)Cc4c(Cl)cccc4Cl)CC3)cnn(-c3ccccc3)c2=O)cc1. The van der Waals surface area contributed by atoms with Crippen LogP contribution in [0.5, 0.6) is 5.75 Å². The molecule has 0 aliphatic carbocycles. The van der Waals surface area contributed by atoms with Crippen LogP contribution in [0.3, 0.4) is 0 Å². The summed E-state index contributed by atoms with van der Waals surface area (Å²) in [6.07, 6.45) is 1.88. The lowest BCUT2D eigenvalue weighted by Gasteiger charge is -2.36. The first-order valence-electron chi connectivity index (χ1n) is 12.4. The lowest BCUT2D eigenvalue weighted by molar-refractivity contribution is -0.130. The van der Waals surface area contributed by atoms with Gasteiger partial charge >= 0.3 is 0 Å². The van der Waals surface area contributed by atoms with Crippen molar-refractivity contribution in [3.05, 3.63) is 105 Å². The highest BCUT2D eigenvalue weighted by atomic mass is 35.5. The monoisotopic (exact) mass is 580 g/mol. The number of hydrogen-bond donors (Lipinski definition) is 0. The van der Waals surface area contributed by atoms with Crippen LogP contribution >= 0.6 is 35.0 Å². The Morgan fingerprint density at radius 1 is 0.923 bits per heavy atom. The van der Waals surface area contributed by atoms with Crippen LogP contribution in [0.15, 0.2) is 93.6 Å². The fraction of sp³-hybridized carbons (Fsp3) is 0.207. The predicted octanol–water partition coefficient (Wildman–Crippen LogP) is 5.59. The van der Waals surface area contributed by atoms with Crippen molar-refractivity contribution in [1.29, 1.82) is 0 Å². The van der Waals surface area contributed by atoms with E-state index >= 15 is 0 Å². The number of methoxy groups -OCH3 is 1. The minimum Gasteiger partial charge on any atom is -0.497 e. The first-order chi connectivity index (χ1) is 18.9. The standard InChI is InChI=1S/C29H26Cl2N4O3S/c1-38-21-10-12-22(13-11-21)39-28-26(19-32-35(29(28)37)20-6-3-2-4-7-20)33-14-16-34(17-15-33)27(36)18-23-24(30)8-5-9-25(23)31/h2-13,19H,14-18H2,1H3. The number of aromatic nitrogens is 2. The molecule has 5 rings (SSSR count). The summed E-state index contributed by atoms with van der Waals surface area (Å²) in [5, 5.41) is 5.47. The van der Waals surface area contributed by atoms with E-state index in [0.29, 0.717) is 52.4 Å². The first-order valence-corrected chi connectivity index (χ1v) is 14.0. The smallest absolute Gasteiger partial charge is 0.287 e. The number of rotatable bonds is 7. The number of nitrogens with zero attached hydrogens (tertiary/aromatic N) is 4. The summed E-state index contributed by atoms with van der Waals surface area (Å²) in [5.74, 6) is 0.713. The molecule has 0 atom stereocenters. The Bertz CT molecular complexity index is 1500. The molecule has 1 aromatic heterocycles. The third-order valence-corrected chi connectivity index (χ3v) is 8.36. The minimum absolute atomic E-state index is 0.0323. The fourth-order valence-electron chi connectivity index (χ4n) is 4.43. The van der Waals surface area contributed by atoms with Crippen LogP contribution in [0, 0.1) is 0 Å². The molecule has 4 aromatic rings. The number of piperazine rings is 1. The molecule has 0 bridgehead atoms. The average molecular weight is 582 g/mol. The zero-order valence-electron chi connectivity index (χ0n) is 21.2. The summed E-state index contributed by atoms with van der Waals surface area (Å²) in [7, 11) is 1.62.